The van der Waals surface area contributed by atoms with E-state index in [1.54, 1.807) is 26.0 Å². The Morgan fingerprint density at radius 1 is 1.38 bits per heavy atom. The van der Waals surface area contributed by atoms with E-state index in [0.717, 1.165) is 24.2 Å². The maximum atomic E-state index is 12.6. The lowest BCUT2D eigenvalue weighted by Gasteiger charge is -2.23. The number of nitrogens with one attached hydrogen (secondary N) is 2. The number of amides is 1. The van der Waals surface area contributed by atoms with Crippen molar-refractivity contribution in [3.05, 3.63) is 23.8 Å². The molecule has 21 heavy (non-hydrogen) atoms. The number of rotatable bonds is 5. The third-order valence-electron chi connectivity index (χ3n) is 3.60. The first-order valence-corrected chi connectivity index (χ1v) is 8.48. The minimum Gasteiger partial charge on any atom is -0.385 e. The van der Waals surface area contributed by atoms with Gasteiger partial charge in [0.15, 0.2) is 0 Å². The number of anilines is 1. The zero-order valence-corrected chi connectivity index (χ0v) is 13.0. The van der Waals surface area contributed by atoms with Crippen LogP contribution in [0.15, 0.2) is 23.1 Å². The van der Waals surface area contributed by atoms with Gasteiger partial charge in [-0.3, -0.25) is 4.79 Å². The van der Waals surface area contributed by atoms with E-state index in [2.05, 4.69) is 10.0 Å². The normalized spacial score (nSPS) is 16.1. The van der Waals surface area contributed by atoms with E-state index in [1.807, 2.05) is 6.07 Å². The fourth-order valence-electron chi connectivity index (χ4n) is 2.48. The van der Waals surface area contributed by atoms with Crippen molar-refractivity contribution in [1.82, 2.24) is 4.72 Å². The van der Waals surface area contributed by atoms with E-state index in [9.17, 15) is 13.2 Å². The highest BCUT2D eigenvalue weighted by Gasteiger charge is 2.29. The topological polar surface area (TPSA) is 101 Å². The summed E-state index contributed by atoms with van der Waals surface area (Å²) in [6, 6.07) is 4.21. The van der Waals surface area contributed by atoms with Gasteiger partial charge >= 0.3 is 0 Å². The zero-order valence-electron chi connectivity index (χ0n) is 12.2. The lowest BCUT2D eigenvalue weighted by Crippen LogP contribution is -2.47. The van der Waals surface area contributed by atoms with Gasteiger partial charge in [0.05, 0.1) is 4.90 Å². The van der Waals surface area contributed by atoms with Crippen molar-refractivity contribution in [1.29, 1.82) is 0 Å². The lowest BCUT2D eigenvalue weighted by atomic mass is 10.0. The number of hydrogen-bond acceptors (Lipinski definition) is 4. The van der Waals surface area contributed by atoms with Crippen molar-refractivity contribution < 1.29 is 13.2 Å². The number of sulfonamides is 1. The summed E-state index contributed by atoms with van der Waals surface area (Å²) < 4.78 is 27.6. The molecule has 0 fully saturated rings. The number of hydrogen-bond donors (Lipinski definition) is 3. The molecular weight excluding hydrogens is 290 g/mol. The van der Waals surface area contributed by atoms with Gasteiger partial charge in [0.1, 0.15) is 6.04 Å². The summed E-state index contributed by atoms with van der Waals surface area (Å²) in [6.07, 6.45) is 1.57. The molecule has 0 aliphatic carbocycles. The third kappa shape index (κ3) is 3.36. The fourth-order valence-corrected chi connectivity index (χ4v) is 4.13. The van der Waals surface area contributed by atoms with Crippen LogP contribution in [0.5, 0.6) is 0 Å². The van der Waals surface area contributed by atoms with Crippen molar-refractivity contribution in [3.63, 3.8) is 0 Å². The molecule has 6 nitrogen and oxygen atoms in total. The van der Waals surface area contributed by atoms with Crippen LogP contribution >= 0.6 is 0 Å². The first-order valence-electron chi connectivity index (χ1n) is 7.00. The van der Waals surface area contributed by atoms with Crippen LogP contribution in [0, 0.1) is 5.92 Å². The van der Waals surface area contributed by atoms with Crippen molar-refractivity contribution in [2.45, 2.75) is 37.6 Å². The maximum absolute atomic E-state index is 12.6. The molecule has 1 atom stereocenters. The van der Waals surface area contributed by atoms with Gasteiger partial charge < -0.3 is 11.1 Å². The second-order valence-electron chi connectivity index (χ2n) is 5.56. The van der Waals surface area contributed by atoms with Crippen LogP contribution in [0.25, 0.3) is 0 Å². The molecule has 1 aromatic rings. The zero-order chi connectivity index (χ0) is 15.6. The van der Waals surface area contributed by atoms with Gasteiger partial charge in [-0.15, -0.1) is 0 Å². The molecule has 1 aliphatic rings. The summed E-state index contributed by atoms with van der Waals surface area (Å²) in [5.74, 6) is -0.883. The average molecular weight is 311 g/mol. The highest BCUT2D eigenvalue weighted by atomic mass is 32.2. The third-order valence-corrected chi connectivity index (χ3v) is 5.12. The molecule has 0 spiro atoms. The molecular formula is C14H21N3O3S. The molecule has 1 aliphatic heterocycles. The number of primary amides is 1. The average Bonchev–Trinajstić information content (AvgIpc) is 2.43. The Bertz CT molecular complexity index is 641. The van der Waals surface area contributed by atoms with Crippen molar-refractivity contribution in [2.24, 2.45) is 11.7 Å². The molecule has 0 aromatic heterocycles. The van der Waals surface area contributed by atoms with Gasteiger partial charge in [-0.25, -0.2) is 8.42 Å². The Morgan fingerprint density at radius 3 is 2.71 bits per heavy atom. The highest BCUT2D eigenvalue weighted by molar-refractivity contribution is 7.89. The Labute approximate surface area is 125 Å². The monoisotopic (exact) mass is 311 g/mol. The lowest BCUT2D eigenvalue weighted by molar-refractivity contribution is -0.120. The molecule has 1 aromatic carbocycles. The maximum Gasteiger partial charge on any atom is 0.241 e. The van der Waals surface area contributed by atoms with Crippen LogP contribution in [-0.4, -0.2) is 26.9 Å². The fraction of sp³-hybridized carbons (Fsp3) is 0.500. The van der Waals surface area contributed by atoms with Gasteiger partial charge in [-0.2, -0.15) is 4.72 Å². The van der Waals surface area contributed by atoms with Crippen LogP contribution in [-0.2, 0) is 21.2 Å². The summed E-state index contributed by atoms with van der Waals surface area (Å²) >= 11 is 0. The largest absolute Gasteiger partial charge is 0.385 e. The molecule has 2 rings (SSSR count). The van der Waals surface area contributed by atoms with Crippen molar-refractivity contribution >= 4 is 21.6 Å². The smallest absolute Gasteiger partial charge is 0.241 e. The second kappa shape index (κ2) is 6.03. The molecule has 0 bridgehead atoms. The number of carbonyl (C=O) groups excluding carboxylic acids is 1. The molecule has 1 unspecified atom stereocenters. The molecule has 7 heteroatoms. The van der Waals surface area contributed by atoms with Crippen LogP contribution in [0.3, 0.4) is 0 Å². The van der Waals surface area contributed by atoms with E-state index < -0.39 is 22.0 Å². The predicted molar refractivity (Wildman–Crippen MR) is 81.4 cm³/mol. The molecule has 0 radical (unpaired) electrons. The number of fused-ring (bicyclic) bond motifs is 1. The first kappa shape index (κ1) is 15.8. The minimum atomic E-state index is -3.78. The van der Waals surface area contributed by atoms with Gasteiger partial charge in [-0.1, -0.05) is 19.9 Å². The quantitative estimate of drug-likeness (QED) is 0.749. The SMILES string of the molecule is CC(C)C(NS(=O)(=O)c1cccc2c1CCCN2)C(N)=O. The van der Waals surface area contributed by atoms with Gasteiger partial charge in [-0.05, 0) is 36.5 Å². The van der Waals surface area contributed by atoms with Gasteiger partial charge in [0.2, 0.25) is 15.9 Å². The summed E-state index contributed by atoms with van der Waals surface area (Å²) in [5, 5.41) is 3.19. The van der Waals surface area contributed by atoms with Crippen LogP contribution in [0.4, 0.5) is 5.69 Å². The minimum absolute atomic E-state index is 0.213. The Balaban J connectivity index is 2.38. The molecule has 4 N–H and O–H groups in total. The van der Waals surface area contributed by atoms with Crippen molar-refractivity contribution in [2.75, 3.05) is 11.9 Å². The van der Waals surface area contributed by atoms with E-state index in [4.69, 9.17) is 5.73 Å². The first-order chi connectivity index (χ1) is 9.83. The van der Waals surface area contributed by atoms with Crippen LogP contribution < -0.4 is 15.8 Å². The van der Waals surface area contributed by atoms with E-state index in [0.29, 0.717) is 6.42 Å². The molecule has 0 saturated heterocycles. The summed E-state index contributed by atoms with van der Waals surface area (Å²) in [6.45, 7) is 4.33. The van der Waals surface area contributed by atoms with Crippen molar-refractivity contribution in [3.8, 4) is 0 Å². The summed E-state index contributed by atoms with van der Waals surface area (Å²) in [7, 11) is -3.78. The van der Waals surface area contributed by atoms with E-state index in [-0.39, 0.29) is 10.8 Å². The second-order valence-corrected chi connectivity index (χ2v) is 7.24. The molecule has 116 valence electrons. The number of carbonyl (C=O) groups is 1. The Morgan fingerprint density at radius 2 is 2.10 bits per heavy atom. The molecule has 1 heterocycles. The van der Waals surface area contributed by atoms with E-state index >= 15 is 0 Å². The standard InChI is InChI=1S/C14H21N3O3S/c1-9(2)13(14(15)18)17-21(19,20)12-7-3-6-11-10(12)5-4-8-16-11/h3,6-7,9,13,16-17H,4-5,8H2,1-2H3,(H2,15,18). The van der Waals surface area contributed by atoms with Gasteiger partial charge in [0.25, 0.3) is 0 Å². The Hall–Kier alpha value is -1.60. The summed E-state index contributed by atoms with van der Waals surface area (Å²) in [4.78, 5) is 11.6. The molecule has 0 saturated carbocycles. The van der Waals surface area contributed by atoms with Gasteiger partial charge in [0, 0.05) is 12.2 Å². The number of nitrogens with two attached hydrogens (primary N) is 1. The predicted octanol–water partition coefficient (Wildman–Crippen LogP) is 0.833. The van der Waals surface area contributed by atoms with E-state index in [1.165, 1.54) is 0 Å². The number of benzene rings is 1. The highest BCUT2D eigenvalue weighted by Crippen LogP contribution is 2.28. The van der Waals surface area contributed by atoms with Crippen LogP contribution in [0.2, 0.25) is 0 Å². The molecule has 1 amide bonds. The van der Waals surface area contributed by atoms with Crippen LogP contribution in [0.1, 0.15) is 25.8 Å². The Kier molecular flexibility index (Phi) is 4.53. The summed E-state index contributed by atoms with van der Waals surface area (Å²) in [5.41, 5.74) is 6.89.